The van der Waals surface area contributed by atoms with Crippen molar-refractivity contribution in [2.24, 2.45) is 0 Å². The number of likely N-dealkylation sites (tertiary alicyclic amines) is 1. The molecule has 0 spiro atoms. The van der Waals surface area contributed by atoms with Gasteiger partial charge in [-0.1, -0.05) is 5.21 Å². The van der Waals surface area contributed by atoms with Gasteiger partial charge in [0.25, 0.3) is 5.91 Å². The normalized spacial score (nSPS) is 23.4. The molecule has 102 valence electrons. The van der Waals surface area contributed by atoms with Gasteiger partial charge in [-0.05, 0) is 12.8 Å². The second-order valence-corrected chi connectivity index (χ2v) is 4.89. The number of nitrogens with one attached hydrogen (secondary N) is 1. The topological polar surface area (TPSA) is 100 Å². The zero-order chi connectivity index (χ0) is 13.4. The molecule has 1 aromatic heterocycles. The quantitative estimate of drug-likeness (QED) is 0.735. The highest BCUT2D eigenvalue weighted by Gasteiger charge is 2.35. The van der Waals surface area contributed by atoms with Gasteiger partial charge in [0.2, 0.25) is 0 Å². The molecule has 0 radical (unpaired) electrons. The van der Waals surface area contributed by atoms with Gasteiger partial charge in [-0.3, -0.25) is 4.79 Å². The van der Waals surface area contributed by atoms with Crippen LogP contribution in [0.3, 0.4) is 0 Å². The Morgan fingerprint density at radius 2 is 2.21 bits per heavy atom. The van der Waals surface area contributed by atoms with Gasteiger partial charge >= 0.3 is 5.97 Å². The van der Waals surface area contributed by atoms with Crippen LogP contribution in [0.4, 0.5) is 0 Å². The Labute approximate surface area is 109 Å². The first-order valence-electron chi connectivity index (χ1n) is 6.33. The number of amides is 1. The van der Waals surface area contributed by atoms with Crippen molar-refractivity contribution in [3.63, 3.8) is 0 Å². The maximum atomic E-state index is 12.2. The minimum absolute atomic E-state index is 0.222. The molecule has 2 N–H and O–H groups in total. The molecule has 1 aromatic rings. The fraction of sp³-hybridized carbons (Fsp3) is 0.636. The van der Waals surface area contributed by atoms with Crippen LogP contribution in [-0.4, -0.2) is 62.6 Å². The van der Waals surface area contributed by atoms with Crippen LogP contribution in [0.25, 0.3) is 0 Å². The highest BCUT2D eigenvalue weighted by atomic mass is 16.4. The molecule has 2 saturated heterocycles. The van der Waals surface area contributed by atoms with Crippen LogP contribution >= 0.6 is 0 Å². The van der Waals surface area contributed by atoms with Crippen LogP contribution in [0.2, 0.25) is 0 Å². The van der Waals surface area contributed by atoms with E-state index in [1.807, 2.05) is 0 Å². The third-order valence-corrected chi connectivity index (χ3v) is 3.66. The Balaban J connectivity index is 1.75. The Bertz CT molecular complexity index is 510. The van der Waals surface area contributed by atoms with Gasteiger partial charge in [0.1, 0.15) is 6.04 Å². The molecular formula is C11H15N5O3. The Morgan fingerprint density at radius 3 is 2.84 bits per heavy atom. The average molecular weight is 265 g/mol. The number of carboxylic acid groups (broad SMARTS) is 1. The van der Waals surface area contributed by atoms with Gasteiger partial charge in [-0.25, -0.2) is 9.48 Å². The zero-order valence-electron chi connectivity index (χ0n) is 10.3. The molecule has 1 amide bonds. The van der Waals surface area contributed by atoms with Gasteiger partial charge in [0.05, 0.1) is 12.2 Å². The van der Waals surface area contributed by atoms with E-state index in [1.165, 1.54) is 4.90 Å². The average Bonchev–Trinajstić information content (AvgIpc) is 2.93. The van der Waals surface area contributed by atoms with E-state index >= 15 is 0 Å². The highest BCUT2D eigenvalue weighted by molar-refractivity contribution is 5.95. The summed E-state index contributed by atoms with van der Waals surface area (Å²) in [6.45, 7) is 2.10. The lowest BCUT2D eigenvalue weighted by Gasteiger charge is -2.26. The molecule has 8 heteroatoms. The van der Waals surface area contributed by atoms with E-state index in [2.05, 4.69) is 15.6 Å². The predicted octanol–water partition coefficient (Wildman–Crippen LogP) is -0.888. The van der Waals surface area contributed by atoms with Crippen molar-refractivity contribution in [3.8, 4) is 0 Å². The monoisotopic (exact) mass is 265 g/mol. The van der Waals surface area contributed by atoms with E-state index in [-0.39, 0.29) is 17.6 Å². The molecule has 8 nitrogen and oxygen atoms in total. The van der Waals surface area contributed by atoms with Crippen molar-refractivity contribution < 1.29 is 14.7 Å². The van der Waals surface area contributed by atoms with Crippen LogP contribution in [0.15, 0.2) is 6.20 Å². The lowest BCUT2D eigenvalue weighted by Crippen LogP contribution is -2.43. The maximum Gasteiger partial charge on any atom is 0.326 e. The van der Waals surface area contributed by atoms with Crippen LogP contribution in [0, 0.1) is 0 Å². The van der Waals surface area contributed by atoms with Crippen LogP contribution in [-0.2, 0) is 4.79 Å². The summed E-state index contributed by atoms with van der Waals surface area (Å²) in [6.07, 6.45) is 2.82. The molecule has 3 heterocycles. The molecule has 2 aliphatic rings. The third kappa shape index (κ3) is 2.07. The molecule has 0 aliphatic carbocycles. The summed E-state index contributed by atoms with van der Waals surface area (Å²) in [5, 5.41) is 20.0. The minimum Gasteiger partial charge on any atom is -0.480 e. The van der Waals surface area contributed by atoms with Gasteiger partial charge in [0.15, 0.2) is 5.69 Å². The van der Waals surface area contributed by atoms with Crippen molar-refractivity contribution in [2.45, 2.75) is 24.9 Å². The third-order valence-electron chi connectivity index (χ3n) is 3.66. The molecule has 0 unspecified atom stereocenters. The molecule has 1 atom stereocenters. The molecule has 0 aromatic carbocycles. The van der Waals surface area contributed by atoms with Gasteiger partial charge < -0.3 is 15.3 Å². The number of carboxylic acids is 1. The van der Waals surface area contributed by atoms with Crippen molar-refractivity contribution in [1.82, 2.24) is 25.2 Å². The number of hydrogen-bond acceptors (Lipinski definition) is 5. The van der Waals surface area contributed by atoms with Crippen LogP contribution in [0.5, 0.6) is 0 Å². The summed E-state index contributed by atoms with van der Waals surface area (Å²) >= 11 is 0. The number of hydrogen-bond donors (Lipinski definition) is 2. The fourth-order valence-electron chi connectivity index (χ4n) is 2.43. The lowest BCUT2D eigenvalue weighted by atomic mass is 10.2. The second-order valence-electron chi connectivity index (χ2n) is 4.89. The highest BCUT2D eigenvalue weighted by Crippen LogP contribution is 2.20. The Morgan fingerprint density at radius 1 is 1.42 bits per heavy atom. The van der Waals surface area contributed by atoms with E-state index in [1.54, 1.807) is 10.9 Å². The first-order valence-corrected chi connectivity index (χ1v) is 6.33. The first kappa shape index (κ1) is 12.1. The molecule has 2 aliphatic heterocycles. The van der Waals surface area contributed by atoms with E-state index in [0.29, 0.717) is 19.4 Å². The number of nitrogens with zero attached hydrogens (tertiary/aromatic N) is 4. The molecular weight excluding hydrogens is 250 g/mol. The number of aromatic nitrogens is 3. The Hall–Kier alpha value is -1.96. The summed E-state index contributed by atoms with van der Waals surface area (Å²) < 4.78 is 1.66. The SMILES string of the molecule is O=C(O)[C@H]1CCCN1C(=O)c1cn(C2CNC2)nn1. The van der Waals surface area contributed by atoms with Crippen molar-refractivity contribution in [1.29, 1.82) is 0 Å². The molecule has 3 rings (SSSR count). The molecule has 19 heavy (non-hydrogen) atoms. The lowest BCUT2D eigenvalue weighted by molar-refractivity contribution is -0.141. The molecule has 2 fully saturated rings. The van der Waals surface area contributed by atoms with Gasteiger partial charge in [-0.2, -0.15) is 0 Å². The standard InChI is InChI=1S/C11H15N5O3/c17-10(15-3-1-2-9(15)11(18)19)8-6-16(14-13-8)7-4-12-5-7/h6-7,9,12H,1-5H2,(H,18,19)/t9-/m1/s1. The number of carbonyl (C=O) groups is 2. The smallest absolute Gasteiger partial charge is 0.326 e. The van der Waals surface area contributed by atoms with Crippen LogP contribution < -0.4 is 5.32 Å². The van der Waals surface area contributed by atoms with Gasteiger partial charge in [-0.15, -0.1) is 5.10 Å². The van der Waals surface area contributed by atoms with Gasteiger partial charge in [0, 0.05) is 19.6 Å². The van der Waals surface area contributed by atoms with E-state index < -0.39 is 12.0 Å². The summed E-state index contributed by atoms with van der Waals surface area (Å²) in [7, 11) is 0. The van der Waals surface area contributed by atoms with E-state index in [0.717, 1.165) is 13.1 Å². The molecule has 0 saturated carbocycles. The van der Waals surface area contributed by atoms with Crippen molar-refractivity contribution in [2.75, 3.05) is 19.6 Å². The fourth-order valence-corrected chi connectivity index (χ4v) is 2.43. The van der Waals surface area contributed by atoms with Crippen LogP contribution in [0.1, 0.15) is 29.4 Å². The number of rotatable bonds is 3. The van der Waals surface area contributed by atoms with Crippen molar-refractivity contribution in [3.05, 3.63) is 11.9 Å². The maximum absolute atomic E-state index is 12.2. The summed E-state index contributed by atoms with van der Waals surface area (Å²) in [6, 6.07) is -0.495. The summed E-state index contributed by atoms with van der Waals surface area (Å²) in [4.78, 5) is 24.7. The zero-order valence-corrected chi connectivity index (χ0v) is 10.3. The predicted molar refractivity (Wildman–Crippen MR) is 63.6 cm³/mol. The first-order chi connectivity index (χ1) is 9.16. The number of aliphatic carboxylic acids is 1. The van der Waals surface area contributed by atoms with Crippen molar-refractivity contribution >= 4 is 11.9 Å². The second kappa shape index (κ2) is 4.61. The molecule has 0 bridgehead atoms. The van der Waals surface area contributed by atoms with E-state index in [9.17, 15) is 9.59 Å². The summed E-state index contributed by atoms with van der Waals surface area (Å²) in [5.74, 6) is -1.30. The minimum atomic E-state index is -0.957. The largest absolute Gasteiger partial charge is 0.480 e. The van der Waals surface area contributed by atoms with E-state index in [4.69, 9.17) is 5.11 Å². The number of carbonyl (C=O) groups excluding carboxylic acids is 1. The Kier molecular flexibility index (Phi) is 2.94. The summed E-state index contributed by atoms with van der Waals surface area (Å²) in [5.41, 5.74) is 0.222.